The fourth-order valence-corrected chi connectivity index (χ4v) is 5.62. The van der Waals surface area contributed by atoms with Gasteiger partial charge in [-0.25, -0.2) is 0 Å². The summed E-state index contributed by atoms with van der Waals surface area (Å²) in [5.74, 6) is -2.56. The van der Waals surface area contributed by atoms with E-state index in [9.17, 15) is 15.0 Å². The lowest BCUT2D eigenvalue weighted by atomic mass is 9.82. The van der Waals surface area contributed by atoms with Crippen LogP contribution in [0.25, 0.3) is 0 Å². The van der Waals surface area contributed by atoms with Crippen molar-refractivity contribution in [3.8, 4) is 0 Å². The zero-order valence-electron chi connectivity index (χ0n) is 22.2. The molecule has 2 N–H and O–H groups in total. The molecule has 2 rings (SSSR count). The molecule has 0 radical (unpaired) electrons. The van der Waals surface area contributed by atoms with Crippen molar-refractivity contribution in [1.29, 1.82) is 0 Å². The fourth-order valence-electron chi connectivity index (χ4n) is 4.21. The zero-order chi connectivity index (χ0) is 25.5. The molecule has 0 aromatic rings. The van der Waals surface area contributed by atoms with E-state index in [1.807, 2.05) is 20.8 Å². The summed E-state index contributed by atoms with van der Waals surface area (Å²) in [5, 5.41) is 22.3. The summed E-state index contributed by atoms with van der Waals surface area (Å²) in [4.78, 5) is 13.3. The second-order valence-electron chi connectivity index (χ2n) is 11.8. The van der Waals surface area contributed by atoms with Gasteiger partial charge in [0.15, 0.2) is 14.1 Å². The molecule has 7 atom stereocenters. The van der Waals surface area contributed by atoms with Crippen LogP contribution in [0.3, 0.4) is 0 Å². The van der Waals surface area contributed by atoms with E-state index in [1.54, 1.807) is 14.0 Å². The van der Waals surface area contributed by atoms with Crippen LogP contribution in [0, 0.1) is 5.92 Å². The number of carbonyl (C=O) groups is 1. The second-order valence-corrected chi connectivity index (χ2v) is 16.6. The summed E-state index contributed by atoms with van der Waals surface area (Å²) in [6, 6.07) is 0. The van der Waals surface area contributed by atoms with Gasteiger partial charge >= 0.3 is 5.97 Å². The summed E-state index contributed by atoms with van der Waals surface area (Å²) < 4.78 is 24.7. The van der Waals surface area contributed by atoms with Crippen LogP contribution in [0.5, 0.6) is 0 Å². The number of hydrogen-bond donors (Lipinski definition) is 2. The Balaban J connectivity index is 2.56. The first-order chi connectivity index (χ1) is 14.9. The Morgan fingerprint density at radius 2 is 1.79 bits per heavy atom. The Morgan fingerprint density at radius 1 is 1.18 bits per heavy atom. The lowest BCUT2D eigenvalue weighted by molar-refractivity contribution is -0.284. The van der Waals surface area contributed by atoms with E-state index in [1.165, 1.54) is 12.2 Å². The molecule has 1 fully saturated rings. The fraction of sp³-hybridized carbons (Fsp3) is 0.880. The molecule has 0 saturated carbocycles. The van der Waals surface area contributed by atoms with E-state index in [0.29, 0.717) is 25.7 Å². The molecule has 2 bridgehead atoms. The number of cyclic esters (lactones) is 1. The minimum Gasteiger partial charge on any atom is -0.459 e. The molecule has 2 aliphatic heterocycles. The van der Waals surface area contributed by atoms with Crippen molar-refractivity contribution in [2.75, 3.05) is 7.11 Å². The molecular formula is C25H46O7Si. The molecule has 8 heteroatoms. The summed E-state index contributed by atoms with van der Waals surface area (Å²) in [5.41, 5.74) is -2.12. The van der Waals surface area contributed by atoms with Crippen LogP contribution in [-0.2, 0) is 23.4 Å². The highest BCUT2D eigenvalue weighted by Gasteiger charge is 2.50. The molecule has 0 aromatic carbocycles. The third-order valence-electron chi connectivity index (χ3n) is 8.06. The number of fused-ring (bicyclic) bond motifs is 2. The van der Waals surface area contributed by atoms with Gasteiger partial charge < -0.3 is 28.8 Å². The zero-order valence-corrected chi connectivity index (χ0v) is 23.2. The molecule has 1 unspecified atom stereocenters. The maximum atomic E-state index is 13.3. The van der Waals surface area contributed by atoms with E-state index < -0.39 is 55.5 Å². The maximum Gasteiger partial charge on any atom is 0.311 e. The second kappa shape index (κ2) is 9.70. The van der Waals surface area contributed by atoms with E-state index >= 15 is 0 Å². The van der Waals surface area contributed by atoms with Gasteiger partial charge in [-0.2, -0.15) is 0 Å². The number of aliphatic hydroxyl groups is 2. The van der Waals surface area contributed by atoms with Crippen LogP contribution in [-0.4, -0.2) is 66.9 Å². The minimum atomic E-state index is -2.25. The normalized spacial score (nSPS) is 42.1. The minimum absolute atomic E-state index is 0.0581. The first kappa shape index (κ1) is 28.5. The lowest BCUT2D eigenvalue weighted by Gasteiger charge is -2.49. The molecular weight excluding hydrogens is 440 g/mol. The molecule has 0 amide bonds. The predicted molar refractivity (Wildman–Crippen MR) is 130 cm³/mol. The van der Waals surface area contributed by atoms with Gasteiger partial charge in [-0.05, 0) is 63.9 Å². The number of ether oxygens (including phenoxy) is 3. The number of methoxy groups -OCH3 is 1. The SMILES string of the molecule is CC[C@H]1OC(=O)[C@H](C)[C@@H](O[Si](C)(C)C(C)(C)C)C[C@H]2OC(O)(/C=C/[C@]1(C)O)CC[C@@]2(C)OC. The largest absolute Gasteiger partial charge is 0.459 e. The highest BCUT2D eigenvalue weighted by Crippen LogP contribution is 2.43. The number of hydrogen-bond acceptors (Lipinski definition) is 7. The van der Waals surface area contributed by atoms with Crippen LogP contribution in [0.4, 0.5) is 0 Å². The average molecular weight is 487 g/mol. The van der Waals surface area contributed by atoms with Gasteiger partial charge in [-0.1, -0.05) is 27.7 Å². The number of rotatable bonds is 4. The lowest BCUT2D eigenvalue weighted by Crippen LogP contribution is -2.57. The van der Waals surface area contributed by atoms with Crippen molar-refractivity contribution in [3.05, 3.63) is 12.2 Å². The smallest absolute Gasteiger partial charge is 0.311 e. The van der Waals surface area contributed by atoms with Gasteiger partial charge in [0.05, 0.1) is 23.7 Å². The Hall–Kier alpha value is -0.773. The Labute approximate surface area is 201 Å². The molecule has 0 spiro atoms. The van der Waals surface area contributed by atoms with E-state index in [-0.39, 0.29) is 5.04 Å². The molecule has 0 aromatic heterocycles. The average Bonchev–Trinajstić information content (AvgIpc) is 2.70. The Kier molecular flexibility index (Phi) is 8.37. The predicted octanol–water partition coefficient (Wildman–Crippen LogP) is 4.32. The van der Waals surface area contributed by atoms with Gasteiger partial charge in [0.25, 0.3) is 0 Å². The first-order valence-corrected chi connectivity index (χ1v) is 15.1. The Morgan fingerprint density at radius 3 is 2.30 bits per heavy atom. The Bertz CT molecular complexity index is 729. The summed E-state index contributed by atoms with van der Waals surface area (Å²) in [6.45, 7) is 18.0. The topological polar surface area (TPSA) is 94.5 Å². The van der Waals surface area contributed by atoms with Crippen molar-refractivity contribution in [3.63, 3.8) is 0 Å². The summed E-state index contributed by atoms with van der Waals surface area (Å²) >= 11 is 0. The molecule has 192 valence electrons. The maximum absolute atomic E-state index is 13.3. The van der Waals surface area contributed by atoms with Crippen LogP contribution >= 0.6 is 0 Å². The van der Waals surface area contributed by atoms with Gasteiger partial charge in [0.1, 0.15) is 11.7 Å². The van der Waals surface area contributed by atoms with Crippen molar-refractivity contribution in [2.24, 2.45) is 5.92 Å². The quantitative estimate of drug-likeness (QED) is 0.347. The third kappa shape index (κ3) is 6.27. The van der Waals surface area contributed by atoms with Crippen molar-refractivity contribution < 1.29 is 33.6 Å². The summed E-state index contributed by atoms with van der Waals surface area (Å²) in [6.07, 6.45) is 2.86. The van der Waals surface area contributed by atoms with Crippen molar-refractivity contribution >= 4 is 14.3 Å². The van der Waals surface area contributed by atoms with Gasteiger partial charge in [0, 0.05) is 20.0 Å². The summed E-state index contributed by atoms with van der Waals surface area (Å²) in [7, 11) is -0.618. The standard InChI is InChI=1S/C25H46O7Si/c1-11-19-23(6,27)12-14-25(28)15-13-24(7,29-8)20(31-25)16-18(17(2)21(26)30-19)32-33(9,10)22(3,4)5/h12,14,17-20,27-28H,11,13,15-16H2,1-10H3/b14-12+/t17-,18+,19-,20-,23+,24-,25?/m1/s1. The first-order valence-electron chi connectivity index (χ1n) is 12.2. The number of carbonyl (C=O) groups excluding carboxylic acids is 1. The van der Waals surface area contributed by atoms with E-state index in [4.69, 9.17) is 18.6 Å². The third-order valence-corrected chi connectivity index (χ3v) is 12.6. The molecule has 0 aliphatic carbocycles. The van der Waals surface area contributed by atoms with Gasteiger partial charge in [-0.15, -0.1) is 0 Å². The van der Waals surface area contributed by atoms with Crippen molar-refractivity contribution in [2.45, 2.75) is 128 Å². The number of esters is 1. The van der Waals surface area contributed by atoms with Crippen molar-refractivity contribution in [1.82, 2.24) is 0 Å². The monoisotopic (exact) mass is 486 g/mol. The molecule has 2 aliphatic rings. The van der Waals surface area contributed by atoms with Crippen LogP contribution in [0.2, 0.25) is 18.1 Å². The highest BCUT2D eigenvalue weighted by molar-refractivity contribution is 6.74. The van der Waals surface area contributed by atoms with E-state index in [2.05, 4.69) is 33.9 Å². The van der Waals surface area contributed by atoms with E-state index in [0.717, 1.165) is 0 Å². The molecule has 33 heavy (non-hydrogen) atoms. The van der Waals surface area contributed by atoms with Gasteiger partial charge in [-0.3, -0.25) is 4.79 Å². The van der Waals surface area contributed by atoms with Crippen LogP contribution < -0.4 is 0 Å². The van der Waals surface area contributed by atoms with Gasteiger partial charge in [0.2, 0.25) is 0 Å². The van der Waals surface area contributed by atoms with Crippen LogP contribution in [0.15, 0.2) is 12.2 Å². The molecule has 1 saturated heterocycles. The highest BCUT2D eigenvalue weighted by atomic mass is 28.4. The molecule has 7 nitrogen and oxygen atoms in total. The van der Waals surface area contributed by atoms with Crippen LogP contribution in [0.1, 0.15) is 74.1 Å². The molecule has 2 heterocycles.